The molecule has 0 radical (unpaired) electrons. The number of para-hydroxylation sites is 1. The SMILES string of the molecule is Cc1cnc(OCCN2CCCC2)cc1-c1cccc2c(CCCOc3cccc4ccccc34)c(OC(=O)O)[nH]c12. The summed E-state index contributed by atoms with van der Waals surface area (Å²) >= 11 is 0. The fourth-order valence-electron chi connectivity index (χ4n) is 5.81. The summed E-state index contributed by atoms with van der Waals surface area (Å²) in [4.78, 5) is 21.8. The van der Waals surface area contributed by atoms with Crippen molar-refractivity contribution >= 4 is 27.8 Å². The Hall–Kier alpha value is -4.56. The summed E-state index contributed by atoms with van der Waals surface area (Å²) in [5.74, 6) is 1.65. The predicted octanol–water partition coefficient (Wildman–Crippen LogP) is 7.23. The highest BCUT2D eigenvalue weighted by Crippen LogP contribution is 2.37. The first-order valence-corrected chi connectivity index (χ1v) is 14.5. The topological polar surface area (TPSA) is 96.9 Å². The molecule has 1 aliphatic rings. The fraction of sp³-hybridized carbons (Fsp3) is 0.294. The Labute approximate surface area is 244 Å². The summed E-state index contributed by atoms with van der Waals surface area (Å²) in [5, 5.41) is 12.6. The molecule has 2 aromatic heterocycles. The van der Waals surface area contributed by atoms with Crippen LogP contribution in [0.1, 0.15) is 30.4 Å². The van der Waals surface area contributed by atoms with Crippen LogP contribution in [0.3, 0.4) is 0 Å². The monoisotopic (exact) mass is 565 g/mol. The molecule has 6 rings (SSSR count). The second kappa shape index (κ2) is 12.5. The third kappa shape index (κ3) is 6.04. The molecule has 0 saturated carbocycles. The number of H-pyrrole nitrogens is 1. The number of rotatable bonds is 11. The average molecular weight is 566 g/mol. The van der Waals surface area contributed by atoms with Crippen molar-refractivity contribution in [2.75, 3.05) is 32.8 Å². The third-order valence-corrected chi connectivity index (χ3v) is 7.89. The van der Waals surface area contributed by atoms with Crippen molar-refractivity contribution in [3.63, 3.8) is 0 Å². The van der Waals surface area contributed by atoms with Crippen molar-refractivity contribution in [1.29, 1.82) is 0 Å². The molecule has 1 fully saturated rings. The number of benzene rings is 3. The van der Waals surface area contributed by atoms with E-state index >= 15 is 0 Å². The van der Waals surface area contributed by atoms with Crippen LogP contribution >= 0.6 is 0 Å². The summed E-state index contributed by atoms with van der Waals surface area (Å²) in [6, 6.07) is 22.1. The van der Waals surface area contributed by atoms with Gasteiger partial charge in [0.15, 0.2) is 0 Å². The van der Waals surface area contributed by atoms with Crippen LogP contribution in [0.2, 0.25) is 0 Å². The van der Waals surface area contributed by atoms with Gasteiger partial charge in [-0.1, -0.05) is 54.6 Å². The Morgan fingerprint density at radius 1 is 0.952 bits per heavy atom. The van der Waals surface area contributed by atoms with Crippen molar-refractivity contribution < 1.29 is 24.1 Å². The quantitative estimate of drug-likeness (QED) is 0.129. The second-order valence-electron chi connectivity index (χ2n) is 10.7. The van der Waals surface area contributed by atoms with Crippen LogP contribution in [0.5, 0.6) is 17.5 Å². The molecule has 0 unspecified atom stereocenters. The molecule has 0 amide bonds. The minimum absolute atomic E-state index is 0.240. The van der Waals surface area contributed by atoms with E-state index in [0.29, 0.717) is 31.9 Å². The highest BCUT2D eigenvalue weighted by atomic mass is 16.7. The maximum Gasteiger partial charge on any atom is 0.512 e. The lowest BCUT2D eigenvalue weighted by atomic mass is 9.98. The van der Waals surface area contributed by atoms with E-state index < -0.39 is 6.16 Å². The Morgan fingerprint density at radius 3 is 2.60 bits per heavy atom. The van der Waals surface area contributed by atoms with Crippen LogP contribution in [0.25, 0.3) is 32.8 Å². The first-order valence-electron chi connectivity index (χ1n) is 14.5. The van der Waals surface area contributed by atoms with E-state index in [1.807, 2.05) is 61.7 Å². The number of aryl methyl sites for hydroxylation is 2. The smallest absolute Gasteiger partial charge is 0.493 e. The molecule has 0 aliphatic carbocycles. The van der Waals surface area contributed by atoms with E-state index in [1.165, 1.54) is 12.8 Å². The van der Waals surface area contributed by atoms with Crippen molar-refractivity contribution in [3.8, 4) is 28.6 Å². The number of aromatic nitrogens is 2. The summed E-state index contributed by atoms with van der Waals surface area (Å²) in [5.41, 5.74) is 4.53. The Balaban J connectivity index is 1.23. The highest BCUT2D eigenvalue weighted by Gasteiger charge is 2.19. The van der Waals surface area contributed by atoms with Gasteiger partial charge in [0.05, 0.1) is 12.1 Å². The zero-order valence-electron chi connectivity index (χ0n) is 23.8. The van der Waals surface area contributed by atoms with Crippen molar-refractivity contribution in [2.45, 2.75) is 32.6 Å². The van der Waals surface area contributed by atoms with Gasteiger partial charge in [0.25, 0.3) is 0 Å². The summed E-state index contributed by atoms with van der Waals surface area (Å²) in [7, 11) is 0. The van der Waals surface area contributed by atoms with E-state index in [4.69, 9.17) is 14.2 Å². The van der Waals surface area contributed by atoms with Gasteiger partial charge in [-0.25, -0.2) is 9.78 Å². The largest absolute Gasteiger partial charge is 0.512 e. The highest BCUT2D eigenvalue weighted by molar-refractivity contribution is 5.98. The molecule has 0 bridgehead atoms. The van der Waals surface area contributed by atoms with E-state index in [9.17, 15) is 9.90 Å². The predicted molar refractivity (Wildman–Crippen MR) is 164 cm³/mol. The van der Waals surface area contributed by atoms with E-state index in [1.54, 1.807) is 0 Å². The van der Waals surface area contributed by atoms with Crippen LogP contribution in [0.15, 0.2) is 72.9 Å². The number of hydrogen-bond acceptors (Lipinski definition) is 6. The molecular weight excluding hydrogens is 530 g/mol. The van der Waals surface area contributed by atoms with Gasteiger partial charge >= 0.3 is 6.16 Å². The number of nitrogens with zero attached hydrogens (tertiary/aromatic N) is 2. The summed E-state index contributed by atoms with van der Waals surface area (Å²) < 4.78 is 17.4. The molecule has 3 heterocycles. The lowest BCUT2D eigenvalue weighted by Gasteiger charge is -2.15. The molecule has 1 aliphatic heterocycles. The maximum atomic E-state index is 11.6. The zero-order chi connectivity index (χ0) is 28.9. The molecule has 1 saturated heterocycles. The van der Waals surface area contributed by atoms with Crippen LogP contribution < -0.4 is 14.2 Å². The van der Waals surface area contributed by atoms with Gasteiger partial charge in [-0.3, -0.25) is 4.90 Å². The molecular formula is C34H35N3O5. The number of aromatic amines is 1. The van der Waals surface area contributed by atoms with E-state index in [-0.39, 0.29) is 5.88 Å². The fourth-order valence-corrected chi connectivity index (χ4v) is 5.81. The van der Waals surface area contributed by atoms with E-state index in [2.05, 4.69) is 33.1 Å². The van der Waals surface area contributed by atoms with Crippen LogP contribution in [-0.2, 0) is 6.42 Å². The Bertz CT molecular complexity index is 1700. The summed E-state index contributed by atoms with van der Waals surface area (Å²) in [6.45, 7) is 6.23. The first kappa shape index (κ1) is 27.6. The lowest BCUT2D eigenvalue weighted by Crippen LogP contribution is -2.25. The Morgan fingerprint density at radius 2 is 1.74 bits per heavy atom. The van der Waals surface area contributed by atoms with E-state index in [0.717, 1.165) is 69.3 Å². The van der Waals surface area contributed by atoms with Crippen molar-refractivity contribution in [2.24, 2.45) is 0 Å². The van der Waals surface area contributed by atoms with Gasteiger partial charge in [-0.15, -0.1) is 0 Å². The number of likely N-dealkylation sites (tertiary alicyclic amines) is 1. The second-order valence-corrected chi connectivity index (χ2v) is 10.7. The lowest BCUT2D eigenvalue weighted by molar-refractivity contribution is 0.142. The van der Waals surface area contributed by atoms with Crippen LogP contribution in [-0.4, -0.2) is 59.0 Å². The molecule has 2 N–H and O–H groups in total. The molecule has 0 spiro atoms. The molecule has 0 atom stereocenters. The number of carboxylic acid groups (broad SMARTS) is 1. The number of nitrogens with one attached hydrogen (secondary N) is 1. The number of hydrogen-bond donors (Lipinski definition) is 2. The maximum absolute atomic E-state index is 11.6. The normalized spacial score (nSPS) is 13.5. The minimum atomic E-state index is -1.36. The molecule has 8 heteroatoms. The molecule has 5 aromatic rings. The zero-order valence-corrected chi connectivity index (χ0v) is 23.8. The minimum Gasteiger partial charge on any atom is -0.493 e. The van der Waals surface area contributed by atoms with Gasteiger partial charge in [0.1, 0.15) is 12.4 Å². The van der Waals surface area contributed by atoms with Crippen LogP contribution in [0.4, 0.5) is 4.79 Å². The van der Waals surface area contributed by atoms with Gasteiger partial charge in [-0.05, 0) is 68.3 Å². The number of pyridine rings is 1. The van der Waals surface area contributed by atoms with Crippen molar-refractivity contribution in [1.82, 2.24) is 14.9 Å². The van der Waals surface area contributed by atoms with Gasteiger partial charge in [0, 0.05) is 40.7 Å². The van der Waals surface area contributed by atoms with Crippen LogP contribution in [0, 0.1) is 6.92 Å². The Kier molecular flexibility index (Phi) is 8.23. The van der Waals surface area contributed by atoms with Crippen molar-refractivity contribution in [3.05, 3.63) is 84.1 Å². The number of ether oxygens (including phenoxy) is 3. The molecule has 216 valence electrons. The summed E-state index contributed by atoms with van der Waals surface area (Å²) in [6.07, 6.45) is 4.23. The number of carbonyl (C=O) groups is 1. The number of fused-ring (bicyclic) bond motifs is 2. The molecule has 8 nitrogen and oxygen atoms in total. The first-order chi connectivity index (χ1) is 20.6. The molecule has 3 aromatic carbocycles. The average Bonchev–Trinajstić information content (AvgIpc) is 3.64. The van der Waals surface area contributed by atoms with Gasteiger partial charge in [0.2, 0.25) is 11.8 Å². The molecule has 42 heavy (non-hydrogen) atoms. The van der Waals surface area contributed by atoms with Gasteiger partial charge < -0.3 is 24.3 Å². The van der Waals surface area contributed by atoms with Gasteiger partial charge in [-0.2, -0.15) is 0 Å². The third-order valence-electron chi connectivity index (χ3n) is 7.89. The standard InChI is InChI=1S/C34H35N3O5/c1-23-22-35-31(41-20-18-37-16-4-5-17-37)21-29(23)27-13-7-12-26-28(33(36-32(26)27)42-34(38)39)14-8-19-40-30-15-6-10-24-9-2-3-11-25(24)30/h2-3,6-7,9-13,15,21-22,36H,4-5,8,14,16-20H2,1H3,(H,38,39).